The fraction of sp³-hybridized carbons (Fsp3) is 0.250. The Labute approximate surface area is 183 Å². The maximum absolute atomic E-state index is 13.6. The van der Waals surface area contributed by atoms with Gasteiger partial charge < -0.3 is 15.0 Å². The van der Waals surface area contributed by atoms with Crippen molar-refractivity contribution in [2.75, 3.05) is 5.32 Å². The van der Waals surface area contributed by atoms with Gasteiger partial charge in [0.2, 0.25) is 11.5 Å². The first-order chi connectivity index (χ1) is 14.5. The van der Waals surface area contributed by atoms with Crippen molar-refractivity contribution >= 4 is 34.5 Å². The zero-order valence-electron chi connectivity index (χ0n) is 16.1. The number of amides is 1. The van der Waals surface area contributed by atoms with E-state index in [2.05, 4.69) is 10.3 Å². The molecule has 3 rings (SSSR count). The van der Waals surface area contributed by atoms with E-state index >= 15 is 0 Å². The predicted molar refractivity (Wildman–Crippen MR) is 111 cm³/mol. The molecule has 164 valence electrons. The van der Waals surface area contributed by atoms with E-state index in [0.29, 0.717) is 27.6 Å². The van der Waals surface area contributed by atoms with Crippen molar-refractivity contribution in [2.45, 2.75) is 31.7 Å². The third-order valence-electron chi connectivity index (χ3n) is 4.42. The van der Waals surface area contributed by atoms with Gasteiger partial charge in [-0.05, 0) is 24.6 Å². The third kappa shape index (κ3) is 5.15. The molecule has 0 aliphatic heterocycles. The molecular formula is C20H17ClF3N3O3S. The molecule has 0 spiro atoms. The first-order valence-electron chi connectivity index (χ1n) is 8.95. The van der Waals surface area contributed by atoms with Crippen LogP contribution in [0.1, 0.15) is 22.7 Å². The molecule has 0 aliphatic carbocycles. The van der Waals surface area contributed by atoms with Gasteiger partial charge in [0, 0.05) is 28.4 Å². The van der Waals surface area contributed by atoms with Crippen molar-refractivity contribution in [3.8, 4) is 0 Å². The molecule has 1 unspecified atom stereocenters. The number of hydrogen-bond acceptors (Lipinski definition) is 5. The smallest absolute Gasteiger partial charge is 0.374 e. The molecule has 0 bridgehead atoms. The summed E-state index contributed by atoms with van der Waals surface area (Å²) in [5.74, 6) is -1.09. The highest BCUT2D eigenvalue weighted by atomic mass is 35.5. The molecule has 0 saturated heterocycles. The number of alkyl halides is 3. The number of carbonyl (C=O) groups excluding carboxylic acids is 1. The number of nitrogens with one attached hydrogen (secondary N) is 1. The number of pyridine rings is 1. The Morgan fingerprint density at radius 3 is 2.58 bits per heavy atom. The largest absolute Gasteiger partial charge is 0.424 e. The lowest BCUT2D eigenvalue weighted by Gasteiger charge is -2.27. The number of hydrogen-bond donors (Lipinski definition) is 2. The van der Waals surface area contributed by atoms with E-state index in [0.717, 1.165) is 0 Å². The van der Waals surface area contributed by atoms with Crippen LogP contribution in [0.15, 0.2) is 52.8 Å². The quantitative estimate of drug-likeness (QED) is 0.567. The first-order valence-corrected chi connectivity index (χ1v) is 10.2. The number of rotatable bonds is 6. The number of halogens is 4. The Kier molecular flexibility index (Phi) is 6.54. The molecule has 0 saturated carbocycles. The molecule has 6 nitrogen and oxygen atoms in total. The van der Waals surface area contributed by atoms with E-state index in [1.54, 1.807) is 24.3 Å². The van der Waals surface area contributed by atoms with Crippen LogP contribution in [0.4, 0.5) is 18.9 Å². The summed E-state index contributed by atoms with van der Waals surface area (Å²) in [6.07, 6.45) is -5.10. The van der Waals surface area contributed by atoms with E-state index < -0.39 is 29.1 Å². The van der Waals surface area contributed by atoms with Crippen LogP contribution in [0.2, 0.25) is 5.02 Å². The number of carbonyl (C=O) groups is 1. The normalized spacial score (nSPS) is 13.6. The molecule has 3 aromatic rings. The highest BCUT2D eigenvalue weighted by Crippen LogP contribution is 2.43. The van der Waals surface area contributed by atoms with Crippen LogP contribution in [0, 0.1) is 6.92 Å². The third-order valence-corrected chi connectivity index (χ3v) is 5.90. The number of nitrogens with zero attached hydrogens (tertiary/aromatic N) is 2. The highest BCUT2D eigenvalue weighted by molar-refractivity contribution is 7.09. The Morgan fingerprint density at radius 2 is 1.97 bits per heavy atom. The number of aromatic nitrogens is 2. The SMILES string of the molecule is Cc1csc(C(O)(CC(=O)Nc2ccc(=O)n(Cc3ccccc3Cl)c2)C(F)(F)F)n1. The monoisotopic (exact) mass is 471 g/mol. The van der Waals surface area contributed by atoms with E-state index in [1.165, 1.54) is 35.2 Å². The van der Waals surface area contributed by atoms with E-state index in [1.807, 2.05) is 0 Å². The average molecular weight is 472 g/mol. The lowest BCUT2D eigenvalue weighted by molar-refractivity contribution is -0.266. The number of aryl methyl sites for hydroxylation is 1. The number of benzene rings is 1. The topological polar surface area (TPSA) is 84.2 Å². The van der Waals surface area contributed by atoms with Gasteiger partial charge in [-0.15, -0.1) is 11.3 Å². The zero-order valence-corrected chi connectivity index (χ0v) is 17.7. The summed E-state index contributed by atoms with van der Waals surface area (Å²) >= 11 is 6.72. The van der Waals surface area contributed by atoms with Gasteiger partial charge in [-0.2, -0.15) is 13.2 Å². The van der Waals surface area contributed by atoms with Crippen LogP contribution in [0.3, 0.4) is 0 Å². The lowest BCUT2D eigenvalue weighted by atomic mass is 9.99. The molecule has 11 heteroatoms. The minimum absolute atomic E-state index is 0.0940. The van der Waals surface area contributed by atoms with Gasteiger partial charge in [-0.25, -0.2) is 4.98 Å². The summed E-state index contributed by atoms with van der Waals surface area (Å²) in [5.41, 5.74) is -2.77. The van der Waals surface area contributed by atoms with Crippen molar-refractivity contribution in [3.05, 3.63) is 79.6 Å². The Balaban J connectivity index is 1.81. The van der Waals surface area contributed by atoms with Gasteiger partial charge in [-0.3, -0.25) is 9.59 Å². The first kappa shape index (κ1) is 23.0. The van der Waals surface area contributed by atoms with Crippen LogP contribution < -0.4 is 10.9 Å². The second-order valence-electron chi connectivity index (χ2n) is 6.85. The standard InChI is InChI=1S/C20H17ClF3N3O3S/c1-12-11-31-18(25-12)19(30,20(22,23)24)8-16(28)26-14-6-7-17(29)27(10-14)9-13-4-2-3-5-15(13)21/h2-7,10-11,30H,8-9H2,1H3,(H,26,28). The van der Waals surface area contributed by atoms with Gasteiger partial charge in [-0.1, -0.05) is 29.8 Å². The van der Waals surface area contributed by atoms with E-state index in [4.69, 9.17) is 11.6 Å². The summed E-state index contributed by atoms with van der Waals surface area (Å²) in [6.45, 7) is 1.59. The summed E-state index contributed by atoms with van der Waals surface area (Å²) in [5, 5.41) is 13.8. The molecule has 0 aliphatic rings. The van der Waals surface area contributed by atoms with Crippen LogP contribution in [0.5, 0.6) is 0 Å². The second kappa shape index (κ2) is 8.81. The second-order valence-corrected chi connectivity index (χ2v) is 8.12. The maximum Gasteiger partial charge on any atom is 0.424 e. The van der Waals surface area contributed by atoms with E-state index in [-0.39, 0.29) is 17.8 Å². The predicted octanol–water partition coefficient (Wildman–Crippen LogP) is 4.09. The minimum Gasteiger partial charge on any atom is -0.374 e. The molecule has 1 atom stereocenters. The maximum atomic E-state index is 13.6. The van der Waals surface area contributed by atoms with Crippen molar-refractivity contribution < 1.29 is 23.1 Å². The molecule has 31 heavy (non-hydrogen) atoms. The van der Waals surface area contributed by atoms with Crippen molar-refractivity contribution in [2.24, 2.45) is 0 Å². The molecule has 1 aromatic carbocycles. The molecule has 0 fully saturated rings. The van der Waals surface area contributed by atoms with Crippen LogP contribution in [-0.4, -0.2) is 26.7 Å². The van der Waals surface area contributed by atoms with Crippen molar-refractivity contribution in [3.63, 3.8) is 0 Å². The van der Waals surface area contributed by atoms with Crippen LogP contribution in [0.25, 0.3) is 0 Å². The fourth-order valence-corrected chi connectivity index (χ4v) is 3.93. The molecule has 0 radical (unpaired) electrons. The zero-order chi connectivity index (χ0) is 22.8. The Bertz CT molecular complexity index is 1160. The minimum atomic E-state index is -5.11. The molecule has 2 heterocycles. The summed E-state index contributed by atoms with van der Waals surface area (Å²) in [7, 11) is 0. The highest BCUT2D eigenvalue weighted by Gasteiger charge is 2.58. The lowest BCUT2D eigenvalue weighted by Crippen LogP contribution is -2.45. The van der Waals surface area contributed by atoms with Gasteiger partial charge in [0.25, 0.3) is 5.56 Å². The van der Waals surface area contributed by atoms with Crippen molar-refractivity contribution in [1.82, 2.24) is 9.55 Å². The number of thiazole rings is 1. The summed E-state index contributed by atoms with van der Waals surface area (Å²) < 4.78 is 42.0. The van der Waals surface area contributed by atoms with Crippen LogP contribution >= 0.6 is 22.9 Å². The fourth-order valence-electron chi connectivity index (χ4n) is 2.82. The van der Waals surface area contributed by atoms with Gasteiger partial charge >= 0.3 is 6.18 Å². The van der Waals surface area contributed by atoms with E-state index in [9.17, 15) is 27.9 Å². The Hall–Kier alpha value is -2.69. The van der Waals surface area contributed by atoms with Gasteiger partial charge in [0.15, 0.2) is 0 Å². The van der Waals surface area contributed by atoms with Crippen LogP contribution in [-0.2, 0) is 16.9 Å². The van der Waals surface area contributed by atoms with Crippen molar-refractivity contribution in [1.29, 1.82) is 0 Å². The van der Waals surface area contributed by atoms with Gasteiger partial charge in [0.1, 0.15) is 5.01 Å². The Morgan fingerprint density at radius 1 is 1.26 bits per heavy atom. The number of aliphatic hydroxyl groups is 1. The summed E-state index contributed by atoms with van der Waals surface area (Å²) in [6, 6.07) is 9.30. The molecular weight excluding hydrogens is 455 g/mol. The van der Waals surface area contributed by atoms with Gasteiger partial charge in [0.05, 0.1) is 18.7 Å². The molecule has 2 N–H and O–H groups in total. The average Bonchev–Trinajstić information content (AvgIpc) is 3.12. The number of anilines is 1. The molecule has 1 amide bonds. The summed E-state index contributed by atoms with van der Waals surface area (Å²) in [4.78, 5) is 28.2. The molecule has 2 aromatic heterocycles.